The van der Waals surface area contributed by atoms with Crippen LogP contribution >= 0.6 is 0 Å². The fraction of sp³-hybridized carbons (Fsp3) is 0.154. The molecule has 2 rings (SSSR count). The Morgan fingerprint density at radius 2 is 1.53 bits per heavy atom. The Balaban J connectivity index is 0.00000144. The van der Waals surface area contributed by atoms with Gasteiger partial charge in [-0.15, -0.1) is 0 Å². The lowest BCUT2D eigenvalue weighted by molar-refractivity contribution is -0.595. The maximum atomic E-state index is 5.26. The van der Waals surface area contributed by atoms with Crippen molar-refractivity contribution in [2.75, 3.05) is 14.2 Å². The highest BCUT2D eigenvalue weighted by Gasteiger charge is 2.10. The fourth-order valence-corrected chi connectivity index (χ4v) is 1.56. The summed E-state index contributed by atoms with van der Waals surface area (Å²) in [6, 6.07) is 11.8. The van der Waals surface area contributed by atoms with Crippen LogP contribution in [0.5, 0.6) is 11.5 Å². The lowest BCUT2D eigenvalue weighted by atomic mass is 10.2. The minimum atomic E-state index is 0. The monoisotopic (exact) mass is 295 g/mol. The van der Waals surface area contributed by atoms with Crippen molar-refractivity contribution in [1.82, 2.24) is 0 Å². The van der Waals surface area contributed by atoms with E-state index in [1.54, 1.807) is 14.2 Å². The molecule has 0 bridgehead atoms. The zero-order chi connectivity index (χ0) is 11.4. The number of aromatic nitrogens is 1. The number of nitrogens with zero attached hydrogens (tertiary/aromatic N) is 1. The van der Waals surface area contributed by atoms with Crippen LogP contribution < -0.4 is 31.0 Å². The third-order valence-electron chi connectivity index (χ3n) is 2.38. The summed E-state index contributed by atoms with van der Waals surface area (Å²) in [6.45, 7) is 0. The highest BCUT2D eigenvalue weighted by molar-refractivity contribution is 5.45. The Morgan fingerprint density at radius 3 is 2.12 bits per heavy atom. The van der Waals surface area contributed by atoms with Crippen molar-refractivity contribution in [2.24, 2.45) is 0 Å². The Kier molecular flexibility index (Phi) is 4.97. The van der Waals surface area contributed by atoms with Crippen LogP contribution in [-0.4, -0.2) is 14.2 Å². The van der Waals surface area contributed by atoms with E-state index in [0.29, 0.717) is 0 Å². The molecular weight excluding hydrogens is 282 g/mol. The molecule has 0 aliphatic rings. The molecule has 0 fully saturated rings. The first-order chi connectivity index (χ1) is 7.85. The molecule has 1 aromatic carbocycles. The van der Waals surface area contributed by atoms with Gasteiger partial charge in [0, 0.05) is 18.2 Å². The molecule has 0 aliphatic carbocycles. The number of hydrogen-bond donors (Lipinski definition) is 0. The van der Waals surface area contributed by atoms with Crippen molar-refractivity contribution in [2.45, 2.75) is 0 Å². The number of hydrogen-bond acceptors (Lipinski definition) is 2. The average Bonchev–Trinajstić information content (AvgIpc) is 2.39. The highest BCUT2D eigenvalue weighted by atomic mass is 79.9. The van der Waals surface area contributed by atoms with E-state index in [1.165, 1.54) is 0 Å². The Hall–Kier alpha value is -1.55. The molecule has 0 unspecified atom stereocenters. The van der Waals surface area contributed by atoms with Crippen LogP contribution in [0.15, 0.2) is 48.8 Å². The largest absolute Gasteiger partial charge is 1.00 e. The molecular formula is C13H14BrNO2. The van der Waals surface area contributed by atoms with Gasteiger partial charge in [0.2, 0.25) is 5.69 Å². The summed E-state index contributed by atoms with van der Waals surface area (Å²) < 4.78 is 12.5. The maximum absolute atomic E-state index is 5.26. The second-order valence-corrected chi connectivity index (χ2v) is 3.32. The quantitative estimate of drug-likeness (QED) is 0.677. The Morgan fingerprint density at radius 1 is 0.882 bits per heavy atom. The zero-order valence-corrected chi connectivity index (χ0v) is 11.3. The molecule has 0 N–H and O–H groups in total. The van der Waals surface area contributed by atoms with Crippen LogP contribution in [0.25, 0.3) is 5.69 Å². The van der Waals surface area contributed by atoms with Gasteiger partial charge in [0.1, 0.15) is 0 Å². The Bertz CT molecular complexity index is 474. The van der Waals surface area contributed by atoms with Gasteiger partial charge in [-0.3, -0.25) is 0 Å². The molecule has 0 spiro atoms. The van der Waals surface area contributed by atoms with Gasteiger partial charge in [-0.1, -0.05) is 6.07 Å². The topological polar surface area (TPSA) is 22.3 Å². The van der Waals surface area contributed by atoms with Gasteiger partial charge in [0.25, 0.3) is 0 Å². The van der Waals surface area contributed by atoms with Crippen LogP contribution in [0.4, 0.5) is 0 Å². The second-order valence-electron chi connectivity index (χ2n) is 3.32. The van der Waals surface area contributed by atoms with Gasteiger partial charge in [-0.25, -0.2) is 0 Å². The van der Waals surface area contributed by atoms with E-state index in [0.717, 1.165) is 17.2 Å². The van der Waals surface area contributed by atoms with Gasteiger partial charge in [-0.05, 0) is 6.07 Å². The van der Waals surface area contributed by atoms with Crippen molar-refractivity contribution in [3.63, 3.8) is 0 Å². The van der Waals surface area contributed by atoms with Gasteiger partial charge in [0.15, 0.2) is 23.9 Å². The molecule has 0 aliphatic heterocycles. The van der Waals surface area contributed by atoms with Crippen molar-refractivity contribution in [3.05, 3.63) is 48.8 Å². The van der Waals surface area contributed by atoms with Crippen LogP contribution in [0.1, 0.15) is 0 Å². The van der Waals surface area contributed by atoms with Crippen LogP contribution in [0, 0.1) is 0 Å². The lowest BCUT2D eigenvalue weighted by Crippen LogP contribution is -3.00. The number of rotatable bonds is 3. The summed E-state index contributed by atoms with van der Waals surface area (Å²) >= 11 is 0. The summed E-state index contributed by atoms with van der Waals surface area (Å²) in [5.74, 6) is 1.47. The van der Waals surface area contributed by atoms with Crippen molar-refractivity contribution in [3.8, 4) is 17.2 Å². The normalized spacial score (nSPS) is 9.29. The van der Waals surface area contributed by atoms with Gasteiger partial charge in [0.05, 0.1) is 20.3 Å². The SMILES string of the molecule is COc1ccc(-[n+]2ccccc2)cc1OC.[Br-]. The third kappa shape index (κ3) is 2.97. The second kappa shape index (κ2) is 6.25. The fourth-order valence-electron chi connectivity index (χ4n) is 1.56. The first kappa shape index (κ1) is 13.5. The molecule has 3 nitrogen and oxygen atoms in total. The molecule has 0 atom stereocenters. The molecule has 2 aromatic rings. The number of benzene rings is 1. The van der Waals surface area contributed by atoms with Crippen molar-refractivity contribution < 1.29 is 31.0 Å². The van der Waals surface area contributed by atoms with E-state index in [9.17, 15) is 0 Å². The number of pyridine rings is 1. The average molecular weight is 296 g/mol. The zero-order valence-electron chi connectivity index (χ0n) is 9.76. The van der Waals surface area contributed by atoms with E-state index in [1.807, 2.05) is 53.4 Å². The first-order valence-electron chi connectivity index (χ1n) is 5.04. The summed E-state index contributed by atoms with van der Waals surface area (Å²) in [5.41, 5.74) is 1.04. The third-order valence-corrected chi connectivity index (χ3v) is 2.38. The van der Waals surface area contributed by atoms with Gasteiger partial charge >= 0.3 is 0 Å². The van der Waals surface area contributed by atoms with Gasteiger partial charge in [-0.2, -0.15) is 4.57 Å². The summed E-state index contributed by atoms with van der Waals surface area (Å²) in [7, 11) is 3.27. The molecule has 1 aromatic heterocycles. The van der Waals surface area contributed by atoms with Crippen molar-refractivity contribution in [1.29, 1.82) is 0 Å². The molecule has 0 radical (unpaired) electrons. The van der Waals surface area contributed by atoms with E-state index in [2.05, 4.69) is 0 Å². The lowest BCUT2D eigenvalue weighted by Gasteiger charge is -2.06. The smallest absolute Gasteiger partial charge is 0.214 e. The molecule has 0 amide bonds. The molecule has 1 heterocycles. The standard InChI is InChI=1S/C13H14NO2.BrH/c1-15-12-7-6-11(10-13(12)16-2)14-8-4-3-5-9-14;/h3-10H,1-2H3;1H/q+1;/p-1. The predicted molar refractivity (Wildman–Crippen MR) is 61.1 cm³/mol. The van der Waals surface area contributed by atoms with E-state index < -0.39 is 0 Å². The van der Waals surface area contributed by atoms with E-state index in [-0.39, 0.29) is 17.0 Å². The first-order valence-corrected chi connectivity index (χ1v) is 5.04. The van der Waals surface area contributed by atoms with E-state index >= 15 is 0 Å². The van der Waals surface area contributed by atoms with E-state index in [4.69, 9.17) is 9.47 Å². The van der Waals surface area contributed by atoms with Crippen molar-refractivity contribution >= 4 is 0 Å². The van der Waals surface area contributed by atoms with Gasteiger partial charge < -0.3 is 26.5 Å². The maximum Gasteiger partial charge on any atom is 0.214 e. The molecule has 17 heavy (non-hydrogen) atoms. The number of methoxy groups -OCH3 is 2. The predicted octanol–water partition coefficient (Wildman–Crippen LogP) is -1.02. The summed E-state index contributed by atoms with van der Waals surface area (Å²) in [5, 5.41) is 0. The molecule has 0 saturated carbocycles. The minimum absolute atomic E-state index is 0. The summed E-state index contributed by atoms with van der Waals surface area (Å²) in [4.78, 5) is 0. The highest BCUT2D eigenvalue weighted by Crippen LogP contribution is 2.27. The van der Waals surface area contributed by atoms with Crippen LogP contribution in [0.2, 0.25) is 0 Å². The Labute approximate surface area is 111 Å². The molecule has 4 heteroatoms. The molecule has 0 saturated heterocycles. The summed E-state index contributed by atoms with van der Waals surface area (Å²) in [6.07, 6.45) is 3.97. The number of ether oxygens (including phenoxy) is 2. The van der Waals surface area contributed by atoms with Crippen LogP contribution in [0.3, 0.4) is 0 Å². The van der Waals surface area contributed by atoms with Crippen LogP contribution in [-0.2, 0) is 0 Å². The molecule has 90 valence electrons. The minimum Gasteiger partial charge on any atom is -1.00 e. The number of halogens is 1.